The van der Waals surface area contributed by atoms with E-state index in [1.54, 1.807) is 110 Å². The molecule has 0 saturated heterocycles. The van der Waals surface area contributed by atoms with Gasteiger partial charge in [0.2, 0.25) is 41.5 Å². The van der Waals surface area contributed by atoms with E-state index in [1.807, 2.05) is 39.2 Å². The molecule has 21 heteroatoms. The topological polar surface area (TPSA) is 257 Å². The zero-order valence-electron chi connectivity index (χ0n) is 39.5. The molecule has 0 aliphatic rings. The standard InChI is InChI=1S/C13H10N4O2.C9H15N3O2.C9H17NO3.C6H12O3.C5H13NO2/c14-13-15-4-3-10(17-13)11-6-8-5-7(12(18)19)1-2-9(8)16-11;1-9(13-3,14-4)7-5-6-11-8(10-2)12-7;1-9(12-4,13-5)8(11)6-7-10(2)3;1-5(7)6(2,8-3)9-4;1-6(2)5(7-3)8-4/h1-6,16H,(H,18,19)(H2,14,15,17);5-6H,1-4H3,(H,10,11,12);6-7H,1-5H3;1-4H3;5H,1-4H3/b;;7-6+;;. The van der Waals surface area contributed by atoms with Crippen LogP contribution >= 0.6 is 0 Å². The van der Waals surface area contributed by atoms with Gasteiger partial charge in [-0.25, -0.2) is 24.7 Å². The van der Waals surface area contributed by atoms with Crippen molar-refractivity contribution in [2.45, 2.75) is 51.5 Å². The third-order valence-corrected chi connectivity index (χ3v) is 8.94. The number of nitrogens with one attached hydrogen (secondary N) is 2. The van der Waals surface area contributed by atoms with Crippen LogP contribution in [0.5, 0.6) is 0 Å². The second-order valence-corrected chi connectivity index (χ2v) is 13.6. The minimum absolute atomic E-state index is 0.132. The van der Waals surface area contributed by atoms with E-state index in [2.05, 4.69) is 30.2 Å². The van der Waals surface area contributed by atoms with Crippen molar-refractivity contribution in [3.8, 4) is 11.4 Å². The fraction of sp³-hybridized carbons (Fsp3) is 0.500. The molecule has 1 aromatic carbocycles. The molecule has 0 amide bonds. The second-order valence-electron chi connectivity index (χ2n) is 13.6. The maximum absolute atomic E-state index is 11.5. The molecule has 3 aromatic heterocycles. The van der Waals surface area contributed by atoms with Crippen molar-refractivity contribution in [3.63, 3.8) is 0 Å². The maximum Gasteiger partial charge on any atom is 0.335 e. The fourth-order valence-electron chi connectivity index (χ4n) is 4.49. The molecule has 4 aromatic rings. The highest BCUT2D eigenvalue weighted by atomic mass is 16.7. The average Bonchev–Trinajstić information content (AvgIpc) is 3.72. The summed E-state index contributed by atoms with van der Waals surface area (Å²) < 4.78 is 39.6. The summed E-state index contributed by atoms with van der Waals surface area (Å²) in [5, 5.41) is 12.6. The van der Waals surface area contributed by atoms with E-state index in [4.69, 9.17) is 48.7 Å². The molecule has 0 aliphatic carbocycles. The first kappa shape index (κ1) is 57.5. The number of aromatic amines is 1. The van der Waals surface area contributed by atoms with Gasteiger partial charge in [-0.3, -0.25) is 14.5 Å². The molecule has 0 aliphatic heterocycles. The van der Waals surface area contributed by atoms with Gasteiger partial charge in [0.1, 0.15) is 5.69 Å². The average molecular weight is 890 g/mol. The number of benzene rings is 1. The summed E-state index contributed by atoms with van der Waals surface area (Å²) in [4.78, 5) is 56.0. The van der Waals surface area contributed by atoms with Crippen LogP contribution in [0, 0.1) is 0 Å². The van der Waals surface area contributed by atoms with Crippen LogP contribution in [0.1, 0.15) is 43.7 Å². The normalized spacial score (nSPS) is 11.3. The van der Waals surface area contributed by atoms with Crippen LogP contribution in [0.4, 0.5) is 11.9 Å². The molecule has 0 fully saturated rings. The smallest absolute Gasteiger partial charge is 0.335 e. The van der Waals surface area contributed by atoms with E-state index in [9.17, 15) is 14.4 Å². The van der Waals surface area contributed by atoms with Crippen molar-refractivity contribution in [1.29, 1.82) is 0 Å². The van der Waals surface area contributed by atoms with E-state index < -0.39 is 23.3 Å². The quantitative estimate of drug-likeness (QED) is 0.0854. The van der Waals surface area contributed by atoms with Crippen molar-refractivity contribution < 1.29 is 57.4 Å². The Bertz CT molecular complexity index is 1990. The molecule has 63 heavy (non-hydrogen) atoms. The molecule has 3 heterocycles. The van der Waals surface area contributed by atoms with Crippen molar-refractivity contribution in [2.75, 3.05) is 103 Å². The molecule has 4 rings (SSSR count). The van der Waals surface area contributed by atoms with Gasteiger partial charge in [0, 0.05) is 121 Å². The van der Waals surface area contributed by atoms with Crippen molar-refractivity contribution in [1.82, 2.24) is 34.7 Å². The Morgan fingerprint density at radius 3 is 1.75 bits per heavy atom. The van der Waals surface area contributed by atoms with Crippen molar-refractivity contribution in [2.24, 2.45) is 0 Å². The number of H-pyrrole nitrogens is 1. The Hall–Kier alpha value is -5.49. The summed E-state index contributed by atoms with van der Waals surface area (Å²) in [6, 6.07) is 10.2. The Kier molecular flexibility index (Phi) is 25.8. The van der Waals surface area contributed by atoms with E-state index in [-0.39, 0.29) is 29.5 Å². The lowest BCUT2D eigenvalue weighted by atomic mass is 10.1. The molecule has 0 radical (unpaired) electrons. The Morgan fingerprint density at radius 1 is 0.794 bits per heavy atom. The van der Waals surface area contributed by atoms with Gasteiger partial charge < -0.3 is 63.9 Å². The van der Waals surface area contributed by atoms with Gasteiger partial charge in [-0.2, -0.15) is 0 Å². The molecule has 0 bridgehead atoms. The van der Waals surface area contributed by atoms with Gasteiger partial charge in [0.25, 0.3) is 0 Å². The number of carbonyl (C=O) groups is 3. The van der Waals surface area contributed by atoms with E-state index in [0.29, 0.717) is 17.3 Å². The maximum atomic E-state index is 11.5. The number of hydrogen-bond acceptors (Lipinski definition) is 19. The molecular formula is C42H67N9O12. The number of nitrogens with zero attached hydrogens (tertiary/aromatic N) is 6. The number of aromatic carboxylic acids is 1. The molecule has 21 nitrogen and oxygen atoms in total. The van der Waals surface area contributed by atoms with Crippen molar-refractivity contribution >= 4 is 40.3 Å². The number of anilines is 2. The number of Topliss-reactive ketones (excluding diaryl/α,β-unsaturated/α-hetero) is 1. The summed E-state index contributed by atoms with van der Waals surface area (Å²) >= 11 is 0. The van der Waals surface area contributed by atoms with E-state index in [0.717, 1.165) is 16.6 Å². The number of fused-ring (bicyclic) bond motifs is 1. The number of carbonyl (C=O) groups excluding carboxylic acids is 2. The molecule has 352 valence electrons. The van der Waals surface area contributed by atoms with Crippen LogP contribution in [-0.4, -0.2) is 167 Å². The van der Waals surface area contributed by atoms with Crippen LogP contribution in [0.25, 0.3) is 22.3 Å². The second kappa shape index (κ2) is 28.2. The molecule has 5 N–H and O–H groups in total. The van der Waals surface area contributed by atoms with Crippen LogP contribution in [-0.2, 0) is 53.3 Å². The van der Waals surface area contributed by atoms with Crippen LogP contribution in [0.15, 0.2) is 61.1 Å². The first-order valence-electron chi connectivity index (χ1n) is 18.9. The molecule has 0 spiro atoms. The monoisotopic (exact) mass is 889 g/mol. The molecule has 0 saturated carbocycles. The SMILES string of the molecule is CNc1nccc(C(C)(OC)OC)n1.COC(C)(OC)C(=O)/C=C/N(C)C.COC(C)(OC)C(C)=O.COC(OC)N(C)C.Nc1nccc(-c2cc3cc(C(=O)O)ccc3[nH]2)n1. The highest BCUT2D eigenvalue weighted by Crippen LogP contribution is 2.25. The lowest BCUT2D eigenvalue weighted by Gasteiger charge is -2.25. The summed E-state index contributed by atoms with van der Waals surface area (Å²) in [5.74, 6) is -3.61. The predicted molar refractivity (Wildman–Crippen MR) is 238 cm³/mol. The Morgan fingerprint density at radius 2 is 1.35 bits per heavy atom. The van der Waals surface area contributed by atoms with E-state index in [1.165, 1.54) is 41.4 Å². The summed E-state index contributed by atoms with van der Waals surface area (Å²) in [5.41, 5.74) is 8.75. The zero-order chi connectivity index (χ0) is 48.6. The lowest BCUT2D eigenvalue weighted by molar-refractivity contribution is -0.204. The summed E-state index contributed by atoms with van der Waals surface area (Å²) in [6.45, 7) is 6.38. The Labute approximate surface area is 370 Å². The predicted octanol–water partition coefficient (Wildman–Crippen LogP) is 4.24. The third kappa shape index (κ3) is 18.8. The molecule has 0 atom stereocenters. The number of methoxy groups -OCH3 is 8. The van der Waals surface area contributed by atoms with Crippen molar-refractivity contribution in [3.05, 3.63) is 72.3 Å². The van der Waals surface area contributed by atoms with Crippen LogP contribution in [0.2, 0.25) is 0 Å². The number of carboxylic acid groups (broad SMARTS) is 1. The number of aromatic nitrogens is 5. The number of nitrogen functional groups attached to an aromatic ring is 1. The van der Waals surface area contributed by atoms with Gasteiger partial charge in [-0.05, 0) is 71.3 Å². The van der Waals surface area contributed by atoms with Gasteiger partial charge in [-0.15, -0.1) is 0 Å². The Balaban J connectivity index is 0.000000793. The molecule has 0 unspecified atom stereocenters. The number of carboxylic acids is 1. The summed E-state index contributed by atoms with van der Waals surface area (Å²) in [6.07, 6.45) is 6.09. The minimum Gasteiger partial charge on any atom is -0.478 e. The van der Waals surface area contributed by atoms with E-state index >= 15 is 0 Å². The van der Waals surface area contributed by atoms with Crippen LogP contribution in [0.3, 0.4) is 0 Å². The first-order chi connectivity index (χ1) is 29.5. The fourth-order valence-corrected chi connectivity index (χ4v) is 4.49. The minimum atomic E-state index is -1.17. The number of ketones is 2. The lowest BCUT2D eigenvalue weighted by Crippen LogP contribution is -2.38. The van der Waals surface area contributed by atoms with Gasteiger partial charge >= 0.3 is 5.97 Å². The first-order valence-corrected chi connectivity index (χ1v) is 18.9. The number of hydrogen-bond donors (Lipinski definition) is 4. The van der Waals surface area contributed by atoms with Gasteiger partial charge in [-0.1, -0.05) is 0 Å². The van der Waals surface area contributed by atoms with Crippen LogP contribution < -0.4 is 11.1 Å². The number of rotatable bonds is 17. The highest BCUT2D eigenvalue weighted by Gasteiger charge is 2.31. The zero-order valence-corrected chi connectivity index (χ0v) is 39.5. The number of nitrogens with two attached hydrogens (primary N) is 1. The van der Waals surface area contributed by atoms with Gasteiger partial charge in [0.05, 0.1) is 17.0 Å². The summed E-state index contributed by atoms with van der Waals surface area (Å²) in [7, 11) is 21.3. The number of ether oxygens (including phenoxy) is 8. The highest BCUT2D eigenvalue weighted by molar-refractivity contribution is 5.96. The third-order valence-electron chi connectivity index (χ3n) is 8.94. The molecular weight excluding hydrogens is 823 g/mol. The largest absolute Gasteiger partial charge is 0.478 e. The van der Waals surface area contributed by atoms with Gasteiger partial charge in [0.15, 0.2) is 5.78 Å².